The molecular formula is C78H74F6N9O7PZn3. The molecule has 0 aromatic heterocycles. The van der Waals surface area contributed by atoms with Crippen LogP contribution in [0.2, 0.25) is 0 Å². The maximum atomic E-state index is 13.4. The van der Waals surface area contributed by atoms with Gasteiger partial charge >= 0.3 is 58.4 Å². The SMILES string of the molecule is C1N2CN3CN1CP(C2)C3.CC(C)(C)c1cccc(C=Nc2ccccc2N=Cc2cc(F)cc(F)c2[O-])c1[O-].CC(C)(C)c1cccc(C=Nc2ccccc2N=Cc2cc(F)cc(F)c2[O-])c1[O-].CC(C)(C)c1cccc(C=Nc2ccccc2N=Cc2cc(F)cc(F)c2[O-])c1[O-].O.[Zn+2].[Zn+2].[Zn+2]. The van der Waals surface area contributed by atoms with Gasteiger partial charge in [-0.05, 0) is 121 Å². The number of para-hydroxylation sites is 9. The minimum Gasteiger partial charge on any atom is -0.872 e. The Hall–Kier alpha value is -8.48. The minimum absolute atomic E-state index is 0. The van der Waals surface area contributed by atoms with Gasteiger partial charge in [-0.15, -0.1) is 0 Å². The first-order valence-corrected chi connectivity index (χ1v) is 33.6. The molecule has 0 radical (unpaired) electrons. The molecule has 0 atom stereocenters. The number of hydrogen-bond donors (Lipinski definition) is 0. The van der Waals surface area contributed by atoms with Gasteiger partial charge in [0, 0.05) is 74.3 Å². The van der Waals surface area contributed by atoms with Crippen molar-refractivity contribution >= 4 is 79.3 Å². The second-order valence-electron chi connectivity index (χ2n) is 26.9. The predicted molar refractivity (Wildman–Crippen MR) is 379 cm³/mol. The number of rotatable bonds is 12. The van der Waals surface area contributed by atoms with Gasteiger partial charge in [-0.1, -0.05) is 196 Å². The molecule has 2 N–H and O–H groups in total. The van der Waals surface area contributed by atoms with Gasteiger partial charge in [0.1, 0.15) is 34.9 Å². The van der Waals surface area contributed by atoms with Gasteiger partial charge in [0.2, 0.25) is 0 Å². The summed E-state index contributed by atoms with van der Waals surface area (Å²) < 4.78 is 80.5. The maximum absolute atomic E-state index is 13.4. The third kappa shape index (κ3) is 23.0. The molecule has 26 heteroatoms. The minimum atomic E-state index is -1.18. The first-order chi connectivity index (χ1) is 47.4. The van der Waals surface area contributed by atoms with Crippen molar-refractivity contribution in [2.75, 3.05) is 38.9 Å². The molecule has 0 unspecified atom stereocenters. The number of aliphatic imine (C=N–C) groups is 6. The fourth-order valence-electron chi connectivity index (χ4n) is 10.9. The van der Waals surface area contributed by atoms with Crippen molar-refractivity contribution in [3.8, 4) is 34.5 Å². The maximum Gasteiger partial charge on any atom is 2.00 e. The van der Waals surface area contributed by atoms with Gasteiger partial charge in [0.15, 0.2) is 0 Å². The largest absolute Gasteiger partial charge is 2.00 e. The summed E-state index contributed by atoms with van der Waals surface area (Å²) in [4.78, 5) is 33.3. The van der Waals surface area contributed by atoms with Crippen LogP contribution in [-0.4, -0.2) is 96.3 Å². The molecule has 16 nitrogen and oxygen atoms in total. The second kappa shape index (κ2) is 38.0. The van der Waals surface area contributed by atoms with E-state index in [9.17, 15) is 57.0 Å². The average molecular weight is 1590 g/mol. The molecule has 4 fully saturated rings. The van der Waals surface area contributed by atoms with E-state index in [0.717, 1.165) is 36.8 Å². The van der Waals surface area contributed by atoms with E-state index >= 15 is 0 Å². The molecule has 0 saturated carbocycles. The smallest absolute Gasteiger partial charge is 0.872 e. The zero-order valence-electron chi connectivity index (χ0n) is 59.1. The van der Waals surface area contributed by atoms with Gasteiger partial charge < -0.3 is 36.1 Å². The summed E-state index contributed by atoms with van der Waals surface area (Å²) in [5.74, 6) is -9.20. The summed E-state index contributed by atoms with van der Waals surface area (Å²) in [6.07, 6.45) is 12.0. The topological polar surface area (TPSA) is 254 Å². The molecule has 4 aliphatic heterocycles. The number of benzene rings is 9. The van der Waals surface area contributed by atoms with Crippen LogP contribution in [0.5, 0.6) is 34.5 Å². The van der Waals surface area contributed by atoms with Crippen LogP contribution in [0, 0.1) is 34.9 Å². The molecule has 9 aromatic carbocycles. The molecule has 4 saturated heterocycles. The van der Waals surface area contributed by atoms with Crippen LogP contribution in [0.3, 0.4) is 0 Å². The van der Waals surface area contributed by atoms with Crippen molar-refractivity contribution in [1.82, 2.24) is 14.7 Å². The van der Waals surface area contributed by atoms with Crippen LogP contribution in [-0.2, 0) is 74.7 Å². The summed E-state index contributed by atoms with van der Waals surface area (Å²) in [5, 5.41) is 73.5. The third-order valence-corrected chi connectivity index (χ3v) is 18.2. The summed E-state index contributed by atoms with van der Waals surface area (Å²) in [6, 6.07) is 40.6. The second-order valence-corrected chi connectivity index (χ2v) is 29.1. The molecule has 13 rings (SSSR count). The Morgan fingerprint density at radius 3 is 0.721 bits per heavy atom. The fourth-order valence-corrected chi connectivity index (χ4v) is 13.4. The van der Waals surface area contributed by atoms with Gasteiger partial charge in [0.05, 0.1) is 54.1 Å². The molecule has 526 valence electrons. The van der Waals surface area contributed by atoms with Crippen LogP contribution < -0.4 is 30.6 Å². The summed E-state index contributed by atoms with van der Waals surface area (Å²) in [6.45, 7) is 21.4. The molecule has 0 aliphatic carbocycles. The van der Waals surface area contributed by atoms with E-state index in [1.807, 2.05) is 80.5 Å². The van der Waals surface area contributed by atoms with Gasteiger partial charge in [-0.3, -0.25) is 44.7 Å². The van der Waals surface area contributed by atoms with E-state index in [0.29, 0.717) is 93.6 Å². The van der Waals surface area contributed by atoms with Crippen LogP contribution in [0.15, 0.2) is 194 Å². The quantitative estimate of drug-likeness (QED) is 0.0487. The van der Waals surface area contributed by atoms with Gasteiger partial charge in [-0.25, -0.2) is 26.3 Å². The normalized spacial score (nSPS) is 16.1. The predicted octanol–water partition coefficient (Wildman–Crippen LogP) is 14.1. The van der Waals surface area contributed by atoms with Gasteiger partial charge in [0.25, 0.3) is 0 Å². The molecule has 4 aliphatic rings. The van der Waals surface area contributed by atoms with E-state index in [4.69, 9.17) is 0 Å². The van der Waals surface area contributed by atoms with Crippen molar-refractivity contribution in [2.45, 2.75) is 78.6 Å². The first kappa shape index (κ1) is 86.2. The van der Waals surface area contributed by atoms with Crippen LogP contribution in [0.1, 0.15) is 112 Å². The Kier molecular flexibility index (Phi) is 31.5. The molecule has 4 heterocycles. The average Bonchev–Trinajstić information content (AvgIpc) is 0.858. The molecular weight excluding hydrogens is 1520 g/mol. The fraction of sp³-hybridized carbons (Fsp3) is 0.231. The number of nitrogens with zero attached hydrogens (tertiary/aromatic N) is 9. The van der Waals surface area contributed by atoms with Gasteiger partial charge in [-0.2, -0.15) is 0 Å². The van der Waals surface area contributed by atoms with E-state index in [1.165, 1.54) is 57.5 Å². The van der Waals surface area contributed by atoms with Crippen LogP contribution in [0.25, 0.3) is 0 Å². The van der Waals surface area contributed by atoms with E-state index in [-0.39, 0.29) is 114 Å². The molecule has 104 heavy (non-hydrogen) atoms. The molecule has 9 aromatic rings. The Morgan fingerprint density at radius 1 is 0.308 bits per heavy atom. The summed E-state index contributed by atoms with van der Waals surface area (Å²) >= 11 is 0. The first-order valence-electron chi connectivity index (χ1n) is 31.7. The van der Waals surface area contributed by atoms with Crippen molar-refractivity contribution in [2.24, 2.45) is 30.0 Å². The van der Waals surface area contributed by atoms with E-state index in [1.54, 1.807) is 109 Å². The Morgan fingerprint density at radius 2 is 0.519 bits per heavy atom. The van der Waals surface area contributed by atoms with Crippen molar-refractivity contribution in [3.05, 3.63) is 249 Å². The van der Waals surface area contributed by atoms with Crippen molar-refractivity contribution in [3.63, 3.8) is 0 Å². The monoisotopic (exact) mass is 1590 g/mol. The van der Waals surface area contributed by atoms with Crippen molar-refractivity contribution < 1.29 is 121 Å². The Bertz CT molecular complexity index is 4160. The third-order valence-electron chi connectivity index (χ3n) is 15.8. The summed E-state index contributed by atoms with van der Waals surface area (Å²) in [5.41, 5.74) is 4.39. The molecule has 0 spiro atoms. The Labute approximate surface area is 641 Å². The standard InChI is InChI=1S/3C24H22F2N2O2.C6H12N3P.H2O.3Zn/c3*1-24(2,3)18-8-6-7-15(22(18)29)13-27-20-9-4-5-10-21(20)28-14-16-11-17(25)12-19(26)23(16)30;1-7-2-9-3-8(1)5-10(4-7)6-9;;;;/h3*4-14,29-30H,1-3H3;1-6H2;1H2;;;/q;;;;;3*+2/p-6. The van der Waals surface area contributed by atoms with E-state index < -0.39 is 52.2 Å². The molecule has 0 amide bonds. The number of halogens is 6. The Balaban J connectivity index is 0.000000256. The van der Waals surface area contributed by atoms with Crippen LogP contribution in [0.4, 0.5) is 60.5 Å². The molecule has 4 bridgehead atoms. The number of hydrogen-bond acceptors (Lipinski definition) is 15. The van der Waals surface area contributed by atoms with Crippen molar-refractivity contribution in [1.29, 1.82) is 0 Å². The summed E-state index contributed by atoms with van der Waals surface area (Å²) in [7, 11) is 0.366. The zero-order chi connectivity index (χ0) is 72.2. The van der Waals surface area contributed by atoms with Crippen LogP contribution >= 0.6 is 7.92 Å². The van der Waals surface area contributed by atoms with E-state index in [2.05, 4.69) is 44.7 Å². The zero-order valence-corrected chi connectivity index (χ0v) is 68.9.